The number of amides is 1. The molecule has 0 fully saturated rings. The number of nitrogens with two attached hydrogens (primary N) is 1. The fourth-order valence-corrected chi connectivity index (χ4v) is 3.23. The highest BCUT2D eigenvalue weighted by Crippen LogP contribution is 2.42. The number of aliphatic hydroxyl groups is 1. The number of hydrogen-bond donors (Lipinski definition) is 3. The number of nitrogens with one attached hydrogen (secondary N) is 1. The van der Waals surface area contributed by atoms with Crippen molar-refractivity contribution in [1.82, 2.24) is 5.32 Å². The number of fused-ring (bicyclic) bond motifs is 1. The summed E-state index contributed by atoms with van der Waals surface area (Å²) in [7, 11) is 1.60. The van der Waals surface area contributed by atoms with E-state index in [-0.39, 0.29) is 6.42 Å². The molecule has 2 atom stereocenters. The van der Waals surface area contributed by atoms with Crippen LogP contribution < -0.4 is 15.8 Å². The zero-order valence-corrected chi connectivity index (χ0v) is 13.0. The molecule has 2 unspecified atom stereocenters. The summed E-state index contributed by atoms with van der Waals surface area (Å²) in [6.45, 7) is 0.554. The van der Waals surface area contributed by atoms with Crippen molar-refractivity contribution in [3.8, 4) is 5.75 Å². The van der Waals surface area contributed by atoms with Crippen molar-refractivity contribution in [3.05, 3.63) is 65.2 Å². The lowest BCUT2D eigenvalue weighted by Crippen LogP contribution is -2.44. The standard InChI is InChI=1S/C18H20N2O3/c1-23-14-8-6-12(7-9-14)16(10-17(19)21)18(22)15-5-3-2-4-13(15)11-20-18/h2-9,16,20,22H,10-11H2,1H3,(H2,19,21). The summed E-state index contributed by atoms with van der Waals surface area (Å²) in [5, 5.41) is 14.4. The van der Waals surface area contributed by atoms with Gasteiger partial charge in [0, 0.05) is 24.4 Å². The highest BCUT2D eigenvalue weighted by atomic mass is 16.5. The summed E-state index contributed by atoms with van der Waals surface area (Å²) in [5.41, 5.74) is 6.76. The van der Waals surface area contributed by atoms with Crippen LogP contribution >= 0.6 is 0 Å². The van der Waals surface area contributed by atoms with Crippen LogP contribution in [-0.2, 0) is 17.1 Å². The lowest BCUT2D eigenvalue weighted by atomic mass is 9.81. The topological polar surface area (TPSA) is 84.6 Å². The predicted molar refractivity (Wildman–Crippen MR) is 86.7 cm³/mol. The van der Waals surface area contributed by atoms with Crippen LogP contribution in [0.25, 0.3) is 0 Å². The Kier molecular flexibility index (Phi) is 4.07. The third-order valence-corrected chi connectivity index (χ3v) is 4.40. The summed E-state index contributed by atoms with van der Waals surface area (Å²) in [6.07, 6.45) is 0.0458. The van der Waals surface area contributed by atoms with Crippen LogP contribution in [0.5, 0.6) is 5.75 Å². The highest BCUT2D eigenvalue weighted by molar-refractivity contribution is 5.75. The third-order valence-electron chi connectivity index (χ3n) is 4.40. The van der Waals surface area contributed by atoms with Gasteiger partial charge in [0.2, 0.25) is 5.91 Å². The maximum absolute atomic E-state index is 11.6. The number of carbonyl (C=O) groups excluding carboxylic acids is 1. The molecule has 0 saturated carbocycles. The van der Waals surface area contributed by atoms with Crippen LogP contribution in [0.15, 0.2) is 48.5 Å². The molecule has 120 valence electrons. The molecule has 0 aromatic heterocycles. The van der Waals surface area contributed by atoms with E-state index < -0.39 is 17.6 Å². The van der Waals surface area contributed by atoms with E-state index in [9.17, 15) is 9.90 Å². The molecule has 5 heteroatoms. The monoisotopic (exact) mass is 312 g/mol. The van der Waals surface area contributed by atoms with Gasteiger partial charge in [-0.3, -0.25) is 10.1 Å². The average molecular weight is 312 g/mol. The summed E-state index contributed by atoms with van der Waals surface area (Å²) in [4.78, 5) is 11.6. The molecule has 2 aromatic carbocycles. The fraction of sp³-hybridized carbons (Fsp3) is 0.278. The molecular formula is C18H20N2O3. The Labute approximate surface area is 135 Å². The Morgan fingerprint density at radius 1 is 1.30 bits per heavy atom. The smallest absolute Gasteiger partial charge is 0.218 e. The van der Waals surface area contributed by atoms with Crippen molar-refractivity contribution in [2.45, 2.75) is 24.6 Å². The van der Waals surface area contributed by atoms with Gasteiger partial charge in [0.1, 0.15) is 11.5 Å². The van der Waals surface area contributed by atoms with Crippen molar-refractivity contribution in [1.29, 1.82) is 0 Å². The van der Waals surface area contributed by atoms with Gasteiger partial charge in [-0.05, 0) is 23.3 Å². The van der Waals surface area contributed by atoms with E-state index in [2.05, 4.69) is 5.32 Å². The van der Waals surface area contributed by atoms with Gasteiger partial charge >= 0.3 is 0 Å². The number of primary amides is 1. The molecular weight excluding hydrogens is 292 g/mol. The molecule has 0 saturated heterocycles. The zero-order valence-electron chi connectivity index (χ0n) is 13.0. The Hall–Kier alpha value is -2.37. The molecule has 0 radical (unpaired) electrons. The van der Waals surface area contributed by atoms with Gasteiger partial charge in [0.15, 0.2) is 0 Å². The normalized spacial score (nSPS) is 20.8. The number of carbonyl (C=O) groups is 1. The van der Waals surface area contributed by atoms with E-state index in [0.717, 1.165) is 22.4 Å². The molecule has 1 amide bonds. The van der Waals surface area contributed by atoms with Gasteiger partial charge < -0.3 is 15.6 Å². The van der Waals surface area contributed by atoms with E-state index >= 15 is 0 Å². The first-order chi connectivity index (χ1) is 11.0. The Bertz CT molecular complexity index is 714. The van der Waals surface area contributed by atoms with Crippen LogP contribution in [0.1, 0.15) is 29.0 Å². The number of methoxy groups -OCH3 is 1. The van der Waals surface area contributed by atoms with Crippen LogP contribution in [0.2, 0.25) is 0 Å². The predicted octanol–water partition coefficient (Wildman–Crippen LogP) is 1.60. The number of hydrogen-bond acceptors (Lipinski definition) is 4. The first-order valence-corrected chi connectivity index (χ1v) is 7.52. The van der Waals surface area contributed by atoms with Gasteiger partial charge in [0.25, 0.3) is 0 Å². The van der Waals surface area contributed by atoms with E-state index in [1.54, 1.807) is 7.11 Å². The minimum absolute atomic E-state index is 0.0458. The van der Waals surface area contributed by atoms with E-state index in [0.29, 0.717) is 6.54 Å². The molecule has 0 spiro atoms. The van der Waals surface area contributed by atoms with Crippen LogP contribution in [0, 0.1) is 0 Å². The first kappa shape index (κ1) is 15.5. The van der Waals surface area contributed by atoms with Crippen molar-refractivity contribution in [2.24, 2.45) is 5.73 Å². The third kappa shape index (κ3) is 2.81. The maximum atomic E-state index is 11.6. The van der Waals surface area contributed by atoms with E-state index in [1.807, 2.05) is 48.5 Å². The van der Waals surface area contributed by atoms with Crippen LogP contribution in [-0.4, -0.2) is 18.1 Å². The lowest BCUT2D eigenvalue weighted by Gasteiger charge is -2.33. The molecule has 0 bridgehead atoms. The van der Waals surface area contributed by atoms with Crippen molar-refractivity contribution < 1.29 is 14.6 Å². The fourth-order valence-electron chi connectivity index (χ4n) is 3.23. The first-order valence-electron chi connectivity index (χ1n) is 7.52. The Morgan fingerprint density at radius 2 is 2.00 bits per heavy atom. The van der Waals surface area contributed by atoms with Gasteiger partial charge in [-0.1, -0.05) is 36.4 Å². The molecule has 4 N–H and O–H groups in total. The Morgan fingerprint density at radius 3 is 2.65 bits per heavy atom. The minimum atomic E-state index is -1.32. The van der Waals surface area contributed by atoms with Crippen molar-refractivity contribution in [2.75, 3.05) is 7.11 Å². The van der Waals surface area contributed by atoms with Crippen LogP contribution in [0.3, 0.4) is 0 Å². The largest absolute Gasteiger partial charge is 0.497 e. The molecule has 23 heavy (non-hydrogen) atoms. The summed E-state index contributed by atoms with van der Waals surface area (Å²) >= 11 is 0. The van der Waals surface area contributed by atoms with Crippen molar-refractivity contribution >= 4 is 5.91 Å². The summed E-state index contributed by atoms with van der Waals surface area (Å²) in [6, 6.07) is 15.0. The van der Waals surface area contributed by atoms with Gasteiger partial charge in [-0.15, -0.1) is 0 Å². The molecule has 1 heterocycles. The highest BCUT2D eigenvalue weighted by Gasteiger charge is 2.44. The molecule has 1 aliphatic heterocycles. The lowest BCUT2D eigenvalue weighted by molar-refractivity contribution is -0.121. The summed E-state index contributed by atoms with van der Waals surface area (Å²) < 4.78 is 5.17. The Balaban J connectivity index is 2.04. The summed E-state index contributed by atoms with van der Waals surface area (Å²) in [5.74, 6) is -0.210. The quantitative estimate of drug-likeness (QED) is 0.783. The van der Waals surface area contributed by atoms with Crippen molar-refractivity contribution in [3.63, 3.8) is 0 Å². The molecule has 0 aliphatic carbocycles. The van der Waals surface area contributed by atoms with E-state index in [1.165, 1.54) is 0 Å². The minimum Gasteiger partial charge on any atom is -0.497 e. The van der Waals surface area contributed by atoms with E-state index in [4.69, 9.17) is 10.5 Å². The molecule has 2 aromatic rings. The molecule has 3 rings (SSSR count). The number of rotatable bonds is 5. The molecule has 1 aliphatic rings. The second-order valence-electron chi connectivity index (χ2n) is 5.77. The van der Waals surface area contributed by atoms with Gasteiger partial charge in [-0.25, -0.2) is 0 Å². The van der Waals surface area contributed by atoms with Gasteiger partial charge in [0.05, 0.1) is 7.11 Å². The second kappa shape index (κ2) is 6.02. The van der Waals surface area contributed by atoms with Gasteiger partial charge in [-0.2, -0.15) is 0 Å². The average Bonchev–Trinajstić information content (AvgIpc) is 2.91. The second-order valence-corrected chi connectivity index (χ2v) is 5.77. The maximum Gasteiger partial charge on any atom is 0.218 e. The number of ether oxygens (including phenoxy) is 1. The molecule has 5 nitrogen and oxygen atoms in total. The zero-order chi connectivity index (χ0) is 16.4. The SMILES string of the molecule is COc1ccc(C(CC(N)=O)C2(O)NCc3ccccc32)cc1. The number of benzene rings is 2. The van der Waals surface area contributed by atoms with Crippen LogP contribution in [0.4, 0.5) is 0 Å².